The summed E-state index contributed by atoms with van der Waals surface area (Å²) in [5.41, 5.74) is -6.86. The number of halogens is 9. The number of allylic oxidation sites excluding steroid dienone is 1. The van der Waals surface area contributed by atoms with Crippen LogP contribution in [0.25, 0.3) is 0 Å². The van der Waals surface area contributed by atoms with Gasteiger partial charge < -0.3 is 5.11 Å². The largest absolute Gasteiger partial charge is 0.426 e. The smallest absolute Gasteiger partial charge is 0.373 e. The van der Waals surface area contributed by atoms with Crippen LogP contribution < -0.4 is 0 Å². The zero-order valence-electron chi connectivity index (χ0n) is 8.63. The van der Waals surface area contributed by atoms with Crippen molar-refractivity contribution in [3.05, 3.63) is 11.6 Å². The minimum absolute atomic E-state index is 0.299. The van der Waals surface area contributed by atoms with Gasteiger partial charge in [0.2, 0.25) is 0 Å². The van der Waals surface area contributed by atoms with Crippen molar-refractivity contribution in [1.29, 1.82) is 0 Å². The Labute approximate surface area is 94.9 Å². The summed E-state index contributed by atoms with van der Waals surface area (Å²) in [5.74, 6) is 0. The lowest BCUT2D eigenvalue weighted by Gasteiger charge is -2.31. The molecule has 0 saturated heterocycles. The highest BCUT2D eigenvalue weighted by Gasteiger charge is 2.69. The molecule has 0 saturated carbocycles. The van der Waals surface area contributed by atoms with Gasteiger partial charge in [0.1, 0.15) is 0 Å². The Bertz CT molecular complexity index is 305. The summed E-state index contributed by atoms with van der Waals surface area (Å²) in [4.78, 5) is 0. The van der Waals surface area contributed by atoms with Crippen molar-refractivity contribution in [1.82, 2.24) is 0 Å². The lowest BCUT2D eigenvalue weighted by Crippen LogP contribution is -2.56. The monoisotopic (exact) mass is 290 g/mol. The van der Waals surface area contributed by atoms with E-state index in [1.165, 1.54) is 0 Å². The molecule has 108 valence electrons. The lowest BCUT2D eigenvalue weighted by atomic mass is 9.96. The third-order valence-electron chi connectivity index (χ3n) is 2.09. The molecule has 0 fully saturated rings. The van der Waals surface area contributed by atoms with Gasteiger partial charge in [0.15, 0.2) is 0 Å². The molecule has 0 heterocycles. The average molecular weight is 290 g/mol. The summed E-state index contributed by atoms with van der Waals surface area (Å²) in [5, 5.41) is 8.54. The maximum Gasteiger partial charge on any atom is 0.426 e. The summed E-state index contributed by atoms with van der Waals surface area (Å²) >= 11 is 0. The Kier molecular flexibility index (Phi) is 4.39. The van der Waals surface area contributed by atoms with Crippen molar-refractivity contribution < 1.29 is 44.6 Å². The summed E-state index contributed by atoms with van der Waals surface area (Å²) in [6.07, 6.45) is -19.9. The molecular weight excluding hydrogens is 283 g/mol. The molecule has 0 bridgehead atoms. The van der Waals surface area contributed by atoms with Gasteiger partial charge in [-0.25, -0.2) is 0 Å². The highest BCUT2D eigenvalue weighted by atomic mass is 19.4. The quantitative estimate of drug-likeness (QED) is 0.606. The van der Waals surface area contributed by atoms with Gasteiger partial charge in [0.05, 0.1) is 0 Å². The van der Waals surface area contributed by atoms with Crippen molar-refractivity contribution in [2.45, 2.75) is 37.5 Å². The highest BCUT2D eigenvalue weighted by molar-refractivity contribution is 5.10. The van der Waals surface area contributed by atoms with Crippen LogP contribution in [0.3, 0.4) is 0 Å². The third-order valence-corrected chi connectivity index (χ3v) is 2.09. The van der Waals surface area contributed by atoms with E-state index in [0.29, 0.717) is 6.92 Å². The summed E-state index contributed by atoms with van der Waals surface area (Å²) in [7, 11) is 0. The number of aliphatic hydroxyl groups is 1. The molecule has 0 aromatic carbocycles. The first-order chi connectivity index (χ1) is 7.63. The van der Waals surface area contributed by atoms with Crippen LogP contribution in [-0.4, -0.2) is 29.2 Å². The third kappa shape index (κ3) is 3.53. The van der Waals surface area contributed by atoms with Crippen LogP contribution in [0.4, 0.5) is 39.5 Å². The first-order valence-corrected chi connectivity index (χ1v) is 4.22. The molecule has 0 atom stereocenters. The maximum absolute atomic E-state index is 12.1. The van der Waals surface area contributed by atoms with Gasteiger partial charge >= 0.3 is 18.5 Å². The van der Waals surface area contributed by atoms with Gasteiger partial charge in [-0.2, -0.15) is 39.5 Å². The van der Waals surface area contributed by atoms with Gasteiger partial charge in [-0.3, -0.25) is 0 Å². The standard InChI is InChI=1S/C8H7F9O/c1-4(6(9,10)11)2-3-5(18,7(12,13)14)8(15,16)17/h2,18H,3H2,1H3. The Morgan fingerprint density at radius 2 is 1.22 bits per heavy atom. The fourth-order valence-electron chi connectivity index (χ4n) is 0.809. The van der Waals surface area contributed by atoms with E-state index in [-0.39, 0.29) is 6.08 Å². The molecule has 0 aliphatic carbocycles. The second kappa shape index (κ2) is 4.63. The molecule has 0 aromatic heterocycles. The van der Waals surface area contributed by atoms with E-state index < -0.39 is 36.1 Å². The first-order valence-electron chi connectivity index (χ1n) is 4.22. The fourth-order valence-corrected chi connectivity index (χ4v) is 0.809. The predicted octanol–water partition coefficient (Wildman–Crippen LogP) is 3.74. The summed E-state index contributed by atoms with van der Waals surface area (Å²) in [6.45, 7) is 0.299. The lowest BCUT2D eigenvalue weighted by molar-refractivity contribution is -0.366. The molecule has 18 heavy (non-hydrogen) atoms. The van der Waals surface area contributed by atoms with Crippen molar-refractivity contribution >= 4 is 0 Å². The number of hydrogen-bond donors (Lipinski definition) is 1. The van der Waals surface area contributed by atoms with Crippen LogP contribution in [0.2, 0.25) is 0 Å². The van der Waals surface area contributed by atoms with E-state index in [9.17, 15) is 39.5 Å². The molecular formula is C8H7F9O. The van der Waals surface area contributed by atoms with Crippen LogP contribution in [0.5, 0.6) is 0 Å². The van der Waals surface area contributed by atoms with E-state index in [2.05, 4.69) is 0 Å². The van der Waals surface area contributed by atoms with Gasteiger partial charge in [-0.05, 0) is 6.92 Å². The van der Waals surface area contributed by atoms with Crippen LogP contribution in [0.1, 0.15) is 13.3 Å². The molecule has 0 aliphatic rings. The zero-order valence-corrected chi connectivity index (χ0v) is 8.63. The average Bonchev–Trinajstić information content (AvgIpc) is 2.07. The van der Waals surface area contributed by atoms with Crippen molar-refractivity contribution in [3.63, 3.8) is 0 Å². The van der Waals surface area contributed by atoms with E-state index >= 15 is 0 Å². The molecule has 0 amide bonds. The molecule has 0 spiro atoms. The molecule has 0 aliphatic heterocycles. The molecule has 1 N–H and O–H groups in total. The van der Waals surface area contributed by atoms with Crippen LogP contribution in [0.15, 0.2) is 11.6 Å². The van der Waals surface area contributed by atoms with Crippen molar-refractivity contribution in [2.75, 3.05) is 0 Å². The van der Waals surface area contributed by atoms with Crippen molar-refractivity contribution in [3.8, 4) is 0 Å². The molecule has 0 radical (unpaired) electrons. The van der Waals surface area contributed by atoms with E-state index in [4.69, 9.17) is 5.11 Å². The predicted molar refractivity (Wildman–Crippen MR) is 41.5 cm³/mol. The van der Waals surface area contributed by atoms with Gasteiger partial charge in [-0.15, -0.1) is 0 Å². The summed E-state index contributed by atoms with van der Waals surface area (Å²) < 4.78 is 108. The molecule has 0 unspecified atom stereocenters. The number of hydrogen-bond acceptors (Lipinski definition) is 1. The highest BCUT2D eigenvalue weighted by Crippen LogP contribution is 2.45. The van der Waals surface area contributed by atoms with E-state index in [1.807, 2.05) is 0 Å². The van der Waals surface area contributed by atoms with Crippen LogP contribution in [0, 0.1) is 0 Å². The molecule has 1 nitrogen and oxygen atoms in total. The molecule has 0 aromatic rings. The minimum atomic E-state index is -6.13. The summed E-state index contributed by atoms with van der Waals surface area (Å²) in [6, 6.07) is 0. The first kappa shape index (κ1) is 17.1. The molecule has 10 heteroatoms. The Morgan fingerprint density at radius 1 is 0.889 bits per heavy atom. The molecule has 0 rings (SSSR count). The van der Waals surface area contributed by atoms with Crippen LogP contribution >= 0.6 is 0 Å². The Hall–Kier alpha value is -0.930. The number of rotatable bonds is 2. The Morgan fingerprint density at radius 3 is 1.44 bits per heavy atom. The second-order valence-corrected chi connectivity index (χ2v) is 3.44. The second-order valence-electron chi connectivity index (χ2n) is 3.44. The number of alkyl halides is 9. The van der Waals surface area contributed by atoms with Crippen molar-refractivity contribution in [2.24, 2.45) is 0 Å². The van der Waals surface area contributed by atoms with Gasteiger partial charge in [0, 0.05) is 12.0 Å². The van der Waals surface area contributed by atoms with Crippen LogP contribution in [-0.2, 0) is 0 Å². The minimum Gasteiger partial charge on any atom is -0.373 e. The van der Waals surface area contributed by atoms with Gasteiger partial charge in [-0.1, -0.05) is 6.08 Å². The fraction of sp³-hybridized carbons (Fsp3) is 0.750. The zero-order chi connectivity index (χ0) is 15.0. The van der Waals surface area contributed by atoms with E-state index in [1.54, 1.807) is 0 Å². The normalized spacial score (nSPS) is 16.1. The Balaban J connectivity index is 5.34. The maximum atomic E-state index is 12.1. The SMILES string of the molecule is CC(=CCC(O)(C(F)(F)F)C(F)(F)F)C(F)(F)F. The topological polar surface area (TPSA) is 20.2 Å². The van der Waals surface area contributed by atoms with Gasteiger partial charge in [0.25, 0.3) is 5.60 Å². The van der Waals surface area contributed by atoms with E-state index in [0.717, 1.165) is 0 Å².